The van der Waals surface area contributed by atoms with Crippen molar-refractivity contribution in [2.75, 3.05) is 0 Å². The first-order chi connectivity index (χ1) is 9.72. The summed E-state index contributed by atoms with van der Waals surface area (Å²) in [6.45, 7) is 1.54. The minimum absolute atomic E-state index is 0.0898. The van der Waals surface area contributed by atoms with Crippen LogP contribution in [-0.4, -0.2) is 28.2 Å². The number of carbonyl (C=O) groups is 1. The van der Waals surface area contributed by atoms with Crippen LogP contribution in [-0.2, 0) is 10.4 Å². The monoisotopic (exact) mass is 322 g/mol. The first-order valence-corrected chi connectivity index (χ1v) is 7.61. The summed E-state index contributed by atoms with van der Waals surface area (Å²) in [5, 5.41) is 13.5. The lowest BCUT2D eigenvalue weighted by molar-refractivity contribution is -0.267. The van der Waals surface area contributed by atoms with Crippen molar-refractivity contribution < 1.29 is 23.1 Å². The topological polar surface area (TPSA) is 62.2 Å². The van der Waals surface area contributed by atoms with Gasteiger partial charge in [0.15, 0.2) is 0 Å². The number of nitrogens with one attached hydrogen (secondary N) is 1. The maximum atomic E-state index is 13.2. The quantitative estimate of drug-likeness (QED) is 0.896. The van der Waals surface area contributed by atoms with Crippen molar-refractivity contribution in [1.82, 2.24) is 10.3 Å². The molecule has 1 aliphatic carbocycles. The van der Waals surface area contributed by atoms with Gasteiger partial charge in [0.25, 0.3) is 0 Å². The van der Waals surface area contributed by atoms with E-state index >= 15 is 0 Å². The van der Waals surface area contributed by atoms with E-state index in [0.29, 0.717) is 17.0 Å². The van der Waals surface area contributed by atoms with Crippen LogP contribution in [0, 0.1) is 6.92 Å². The second kappa shape index (κ2) is 5.92. The molecule has 1 heterocycles. The van der Waals surface area contributed by atoms with E-state index in [9.17, 15) is 23.1 Å². The Morgan fingerprint density at radius 1 is 1.48 bits per heavy atom. The number of hydrogen-bond donors (Lipinski definition) is 2. The van der Waals surface area contributed by atoms with Crippen molar-refractivity contribution in [3.63, 3.8) is 0 Å². The molecule has 1 saturated carbocycles. The number of halogens is 3. The van der Waals surface area contributed by atoms with Crippen LogP contribution in [0.4, 0.5) is 13.2 Å². The highest BCUT2D eigenvalue weighted by Crippen LogP contribution is 2.42. The Bertz CT molecular complexity index is 512. The zero-order chi connectivity index (χ0) is 15.7. The molecule has 1 aromatic heterocycles. The molecule has 0 saturated heterocycles. The molecule has 0 bridgehead atoms. The van der Waals surface area contributed by atoms with Crippen LogP contribution in [0.3, 0.4) is 0 Å². The smallest absolute Gasteiger partial charge is 0.374 e. The van der Waals surface area contributed by atoms with Crippen LogP contribution in [0.1, 0.15) is 42.8 Å². The summed E-state index contributed by atoms with van der Waals surface area (Å²) in [5.41, 5.74) is -2.84. The lowest BCUT2D eigenvalue weighted by Crippen LogP contribution is -2.47. The fourth-order valence-corrected chi connectivity index (χ4v) is 3.34. The maximum Gasteiger partial charge on any atom is 0.424 e. The predicted octanol–water partition coefficient (Wildman–Crippen LogP) is 2.65. The van der Waals surface area contributed by atoms with E-state index in [4.69, 9.17) is 0 Å². The molecule has 0 aromatic carbocycles. The van der Waals surface area contributed by atoms with Crippen LogP contribution >= 0.6 is 11.3 Å². The largest absolute Gasteiger partial charge is 0.424 e. The summed E-state index contributed by atoms with van der Waals surface area (Å²) >= 11 is 0.707. The summed E-state index contributed by atoms with van der Waals surface area (Å²) in [6.07, 6.45) is -2.55. The van der Waals surface area contributed by atoms with Crippen LogP contribution in [0.5, 0.6) is 0 Å². The number of nitrogens with zero attached hydrogens (tertiary/aromatic N) is 1. The Balaban J connectivity index is 2.15. The average molecular weight is 322 g/mol. The van der Waals surface area contributed by atoms with Crippen molar-refractivity contribution in [2.45, 2.75) is 56.8 Å². The number of aromatic nitrogens is 1. The summed E-state index contributed by atoms with van der Waals surface area (Å²) in [4.78, 5) is 15.5. The molecule has 2 rings (SSSR count). The van der Waals surface area contributed by atoms with Gasteiger partial charge in [-0.1, -0.05) is 12.8 Å². The van der Waals surface area contributed by atoms with Gasteiger partial charge < -0.3 is 10.4 Å². The van der Waals surface area contributed by atoms with Gasteiger partial charge in [0.2, 0.25) is 11.5 Å². The average Bonchev–Trinajstić information content (AvgIpc) is 2.98. The molecule has 8 heteroatoms. The van der Waals surface area contributed by atoms with E-state index < -0.39 is 29.1 Å². The normalized spacial score (nSPS) is 19.5. The molecular weight excluding hydrogens is 305 g/mol. The molecule has 0 aliphatic heterocycles. The standard InChI is InChI=1S/C13H17F3N2O2S/c1-8-7-21-11(17-8)12(20,13(14,15)16)6-10(19)18-9-4-2-3-5-9/h7,9,20H,2-6H2,1H3,(H,18,19). The molecule has 0 spiro atoms. The van der Waals surface area contributed by atoms with Crippen LogP contribution in [0.15, 0.2) is 5.38 Å². The third kappa shape index (κ3) is 3.55. The number of alkyl halides is 3. The van der Waals surface area contributed by atoms with Gasteiger partial charge >= 0.3 is 6.18 Å². The van der Waals surface area contributed by atoms with Gasteiger partial charge in [-0.05, 0) is 19.8 Å². The molecule has 1 aliphatic rings. The summed E-state index contributed by atoms with van der Waals surface area (Å²) in [6, 6.07) is -0.0898. The molecule has 2 N–H and O–H groups in total. The highest BCUT2D eigenvalue weighted by molar-refractivity contribution is 7.09. The molecule has 1 atom stereocenters. The van der Waals surface area contributed by atoms with Gasteiger partial charge in [-0.25, -0.2) is 4.98 Å². The molecule has 118 valence electrons. The van der Waals surface area contributed by atoms with Crippen molar-refractivity contribution in [2.24, 2.45) is 0 Å². The number of thiazole rings is 1. The lowest BCUT2D eigenvalue weighted by Gasteiger charge is -2.28. The van der Waals surface area contributed by atoms with E-state index in [0.717, 1.165) is 25.7 Å². The molecule has 1 unspecified atom stereocenters. The molecule has 1 fully saturated rings. The lowest BCUT2D eigenvalue weighted by atomic mass is 9.99. The van der Waals surface area contributed by atoms with Crippen molar-refractivity contribution in [3.05, 3.63) is 16.1 Å². The van der Waals surface area contributed by atoms with Gasteiger partial charge in [-0.3, -0.25) is 4.79 Å². The molecule has 21 heavy (non-hydrogen) atoms. The van der Waals surface area contributed by atoms with Crippen molar-refractivity contribution in [3.8, 4) is 0 Å². The predicted molar refractivity (Wildman–Crippen MR) is 71.8 cm³/mol. The highest BCUT2D eigenvalue weighted by atomic mass is 32.1. The molecule has 4 nitrogen and oxygen atoms in total. The van der Waals surface area contributed by atoms with Crippen molar-refractivity contribution >= 4 is 17.2 Å². The summed E-state index contributed by atoms with van der Waals surface area (Å²) < 4.78 is 39.6. The third-order valence-electron chi connectivity index (χ3n) is 3.58. The fraction of sp³-hybridized carbons (Fsp3) is 0.692. The third-order valence-corrected chi connectivity index (χ3v) is 4.69. The van der Waals surface area contributed by atoms with Gasteiger partial charge in [0.1, 0.15) is 5.01 Å². The Labute approximate surface area is 124 Å². The fourth-order valence-electron chi connectivity index (χ4n) is 2.42. The Hall–Kier alpha value is -1.15. The number of hydrogen-bond acceptors (Lipinski definition) is 4. The summed E-state index contributed by atoms with van der Waals surface area (Å²) in [7, 11) is 0. The second-order valence-electron chi connectivity index (χ2n) is 5.38. The van der Waals surface area contributed by atoms with E-state index in [1.165, 1.54) is 12.3 Å². The van der Waals surface area contributed by atoms with Crippen LogP contribution in [0.25, 0.3) is 0 Å². The number of aryl methyl sites for hydroxylation is 1. The second-order valence-corrected chi connectivity index (χ2v) is 6.24. The number of aliphatic hydroxyl groups is 1. The van der Waals surface area contributed by atoms with Gasteiger partial charge in [-0.2, -0.15) is 13.2 Å². The highest BCUT2D eigenvalue weighted by Gasteiger charge is 2.58. The summed E-state index contributed by atoms with van der Waals surface area (Å²) in [5.74, 6) is -0.797. The van der Waals surface area contributed by atoms with Crippen LogP contribution < -0.4 is 5.32 Å². The van der Waals surface area contributed by atoms with E-state index in [-0.39, 0.29) is 6.04 Å². The first-order valence-electron chi connectivity index (χ1n) is 6.73. The minimum Gasteiger partial charge on any atom is -0.374 e. The first kappa shape index (κ1) is 16.2. The van der Waals surface area contributed by atoms with Gasteiger partial charge in [0, 0.05) is 17.1 Å². The van der Waals surface area contributed by atoms with Gasteiger partial charge in [-0.15, -0.1) is 11.3 Å². The number of amides is 1. The van der Waals surface area contributed by atoms with E-state index in [2.05, 4.69) is 10.3 Å². The Kier molecular flexibility index (Phi) is 4.57. The molecule has 1 amide bonds. The van der Waals surface area contributed by atoms with Gasteiger partial charge in [0.05, 0.1) is 6.42 Å². The molecule has 0 radical (unpaired) electrons. The zero-order valence-electron chi connectivity index (χ0n) is 11.5. The Morgan fingerprint density at radius 2 is 2.10 bits per heavy atom. The Morgan fingerprint density at radius 3 is 2.57 bits per heavy atom. The van der Waals surface area contributed by atoms with Crippen molar-refractivity contribution in [1.29, 1.82) is 0 Å². The molecular formula is C13H17F3N2O2S. The zero-order valence-corrected chi connectivity index (χ0v) is 12.4. The van der Waals surface area contributed by atoms with E-state index in [1.807, 2.05) is 0 Å². The number of carbonyl (C=O) groups excluding carboxylic acids is 1. The molecule has 1 aromatic rings. The van der Waals surface area contributed by atoms with Crippen LogP contribution in [0.2, 0.25) is 0 Å². The SMILES string of the molecule is Cc1csc(C(O)(CC(=O)NC2CCCC2)C(F)(F)F)n1. The minimum atomic E-state index is -4.95. The number of rotatable bonds is 4. The van der Waals surface area contributed by atoms with E-state index in [1.54, 1.807) is 0 Å². The maximum absolute atomic E-state index is 13.2.